The molecule has 0 saturated carbocycles. The number of hydrogen-bond donors (Lipinski definition) is 0. The van der Waals surface area contributed by atoms with Gasteiger partial charge in [-0.2, -0.15) is 4.31 Å². The maximum atomic E-state index is 12.5. The summed E-state index contributed by atoms with van der Waals surface area (Å²) in [6, 6.07) is 6.16. The van der Waals surface area contributed by atoms with Crippen molar-refractivity contribution < 1.29 is 22.6 Å². The molecule has 0 spiro atoms. The number of rotatable bonds is 4. The first-order valence-electron chi connectivity index (χ1n) is 9.75. The Hall–Kier alpha value is -1.35. The molecule has 7 nitrogen and oxygen atoms in total. The molecule has 1 aromatic carbocycles. The SMILES string of the molecule is CCS(=O)(=O)N1CCOC[C@H]2CN(Cc3ccc4c(c3)OCCO4)CC[C@H]21. The van der Waals surface area contributed by atoms with E-state index in [1.807, 2.05) is 6.07 Å². The van der Waals surface area contributed by atoms with Crippen LogP contribution in [0.4, 0.5) is 0 Å². The zero-order valence-electron chi connectivity index (χ0n) is 15.8. The van der Waals surface area contributed by atoms with Gasteiger partial charge >= 0.3 is 0 Å². The largest absolute Gasteiger partial charge is 0.486 e. The smallest absolute Gasteiger partial charge is 0.214 e. The number of sulfonamides is 1. The summed E-state index contributed by atoms with van der Waals surface area (Å²) in [4.78, 5) is 2.39. The molecule has 3 aliphatic rings. The Labute approximate surface area is 161 Å². The van der Waals surface area contributed by atoms with E-state index in [9.17, 15) is 8.42 Å². The van der Waals surface area contributed by atoms with Crippen molar-refractivity contribution in [3.63, 3.8) is 0 Å². The van der Waals surface area contributed by atoms with Crippen LogP contribution in [0.15, 0.2) is 18.2 Å². The van der Waals surface area contributed by atoms with E-state index in [1.54, 1.807) is 11.2 Å². The minimum atomic E-state index is -3.20. The van der Waals surface area contributed by atoms with Crippen molar-refractivity contribution in [3.8, 4) is 11.5 Å². The fourth-order valence-electron chi connectivity index (χ4n) is 4.29. The fourth-order valence-corrected chi connectivity index (χ4v) is 5.67. The maximum absolute atomic E-state index is 12.5. The summed E-state index contributed by atoms with van der Waals surface area (Å²) in [7, 11) is -3.20. The van der Waals surface area contributed by atoms with Crippen molar-refractivity contribution >= 4 is 10.0 Å². The molecule has 27 heavy (non-hydrogen) atoms. The predicted molar refractivity (Wildman–Crippen MR) is 102 cm³/mol. The monoisotopic (exact) mass is 396 g/mol. The Kier molecular flexibility index (Phi) is 5.59. The van der Waals surface area contributed by atoms with Crippen LogP contribution in [0.1, 0.15) is 18.9 Å². The first-order chi connectivity index (χ1) is 13.1. The standard InChI is InChI=1S/C19H28N2O5S/c1-2-27(22,23)21-7-8-24-14-16-13-20(6-5-17(16)21)12-15-3-4-18-19(11-15)26-10-9-25-18/h3-4,11,16-17H,2,5-10,12-14H2,1H3/t16-,17-/m1/s1. The van der Waals surface area contributed by atoms with E-state index < -0.39 is 10.0 Å². The van der Waals surface area contributed by atoms with Gasteiger partial charge in [-0.1, -0.05) is 6.07 Å². The molecule has 8 heteroatoms. The Balaban J connectivity index is 1.45. The Morgan fingerprint density at radius 2 is 1.93 bits per heavy atom. The second kappa shape index (κ2) is 7.95. The molecule has 1 aromatic rings. The zero-order valence-corrected chi connectivity index (χ0v) is 16.6. The lowest BCUT2D eigenvalue weighted by atomic mass is 9.92. The average molecular weight is 397 g/mol. The van der Waals surface area contributed by atoms with E-state index in [2.05, 4.69) is 17.0 Å². The van der Waals surface area contributed by atoms with Gasteiger partial charge in [-0.3, -0.25) is 4.90 Å². The second-order valence-corrected chi connectivity index (χ2v) is 9.63. The normalized spacial score (nSPS) is 27.0. The minimum Gasteiger partial charge on any atom is -0.486 e. The number of hydrogen-bond acceptors (Lipinski definition) is 6. The highest BCUT2D eigenvalue weighted by atomic mass is 32.2. The Morgan fingerprint density at radius 1 is 1.11 bits per heavy atom. The predicted octanol–water partition coefficient (Wildman–Crippen LogP) is 1.33. The van der Waals surface area contributed by atoms with Crippen LogP contribution >= 0.6 is 0 Å². The number of nitrogens with zero attached hydrogens (tertiary/aromatic N) is 2. The summed E-state index contributed by atoms with van der Waals surface area (Å²) in [5.41, 5.74) is 1.19. The van der Waals surface area contributed by atoms with Crippen molar-refractivity contribution in [3.05, 3.63) is 23.8 Å². The van der Waals surface area contributed by atoms with Crippen molar-refractivity contribution in [1.82, 2.24) is 9.21 Å². The summed E-state index contributed by atoms with van der Waals surface area (Å²) in [5.74, 6) is 1.98. The lowest BCUT2D eigenvalue weighted by Gasteiger charge is -2.41. The number of likely N-dealkylation sites (tertiary alicyclic amines) is 1. The highest BCUT2D eigenvalue weighted by Crippen LogP contribution is 2.32. The van der Waals surface area contributed by atoms with Crippen molar-refractivity contribution in [1.29, 1.82) is 0 Å². The van der Waals surface area contributed by atoms with E-state index in [0.717, 1.165) is 37.6 Å². The molecule has 0 N–H and O–H groups in total. The lowest BCUT2D eigenvalue weighted by molar-refractivity contribution is 0.0612. The summed E-state index contributed by atoms with van der Waals surface area (Å²) < 4.78 is 43.7. The van der Waals surface area contributed by atoms with E-state index in [4.69, 9.17) is 14.2 Å². The van der Waals surface area contributed by atoms with Gasteiger partial charge in [0, 0.05) is 38.1 Å². The molecule has 2 saturated heterocycles. The zero-order chi connectivity index (χ0) is 18.9. The molecule has 2 fully saturated rings. The third-order valence-electron chi connectivity index (χ3n) is 5.67. The average Bonchev–Trinajstić information content (AvgIpc) is 2.90. The summed E-state index contributed by atoms with van der Waals surface area (Å²) in [5, 5.41) is 0. The van der Waals surface area contributed by atoms with Gasteiger partial charge in [-0.25, -0.2) is 8.42 Å². The quantitative estimate of drug-likeness (QED) is 0.765. The molecule has 0 amide bonds. The molecule has 0 aliphatic carbocycles. The van der Waals surface area contributed by atoms with Crippen molar-refractivity contribution in [2.24, 2.45) is 5.92 Å². The first kappa shape index (κ1) is 19.0. The van der Waals surface area contributed by atoms with Gasteiger partial charge < -0.3 is 14.2 Å². The van der Waals surface area contributed by atoms with Crippen LogP contribution in [-0.4, -0.2) is 75.5 Å². The molecule has 0 aromatic heterocycles. The van der Waals surface area contributed by atoms with Gasteiger partial charge in [0.1, 0.15) is 13.2 Å². The topological polar surface area (TPSA) is 68.3 Å². The molecule has 4 rings (SSSR count). The highest BCUT2D eigenvalue weighted by molar-refractivity contribution is 7.89. The van der Waals surface area contributed by atoms with Crippen LogP contribution in [0.5, 0.6) is 11.5 Å². The maximum Gasteiger partial charge on any atom is 0.214 e. The second-order valence-electron chi connectivity index (χ2n) is 7.42. The van der Waals surface area contributed by atoms with Gasteiger partial charge in [0.25, 0.3) is 0 Å². The van der Waals surface area contributed by atoms with Gasteiger partial charge in [0.05, 0.1) is 19.0 Å². The summed E-state index contributed by atoms with van der Waals surface area (Å²) in [6.45, 7) is 7.02. The molecule has 0 radical (unpaired) electrons. The van der Waals surface area contributed by atoms with Crippen LogP contribution < -0.4 is 9.47 Å². The van der Waals surface area contributed by atoms with Crippen LogP contribution in [0.3, 0.4) is 0 Å². The molecule has 0 unspecified atom stereocenters. The van der Waals surface area contributed by atoms with Gasteiger partial charge in [0.2, 0.25) is 10.0 Å². The van der Waals surface area contributed by atoms with E-state index in [-0.39, 0.29) is 17.7 Å². The number of ether oxygens (including phenoxy) is 3. The fraction of sp³-hybridized carbons (Fsp3) is 0.684. The van der Waals surface area contributed by atoms with Crippen molar-refractivity contribution in [2.75, 3.05) is 51.8 Å². The Bertz CT molecular complexity index is 769. The Morgan fingerprint density at radius 3 is 2.74 bits per heavy atom. The van der Waals surface area contributed by atoms with E-state index in [0.29, 0.717) is 33.0 Å². The van der Waals surface area contributed by atoms with Gasteiger partial charge in [-0.15, -0.1) is 0 Å². The lowest BCUT2D eigenvalue weighted by Crippen LogP contribution is -2.53. The van der Waals surface area contributed by atoms with E-state index in [1.165, 1.54) is 5.56 Å². The molecule has 3 aliphatic heterocycles. The van der Waals surface area contributed by atoms with Gasteiger partial charge in [0.15, 0.2) is 11.5 Å². The molecular weight excluding hydrogens is 368 g/mol. The van der Waals surface area contributed by atoms with Crippen molar-refractivity contribution in [2.45, 2.75) is 25.9 Å². The van der Waals surface area contributed by atoms with Crippen LogP contribution in [0.25, 0.3) is 0 Å². The molecule has 150 valence electrons. The highest BCUT2D eigenvalue weighted by Gasteiger charge is 2.39. The molecule has 2 atom stereocenters. The summed E-state index contributed by atoms with van der Waals surface area (Å²) in [6.07, 6.45) is 0.845. The summed E-state index contributed by atoms with van der Waals surface area (Å²) >= 11 is 0. The third-order valence-corrected chi connectivity index (χ3v) is 7.57. The number of benzene rings is 1. The molecular formula is C19H28N2O5S. The van der Waals surface area contributed by atoms with Crippen LogP contribution in [0, 0.1) is 5.92 Å². The van der Waals surface area contributed by atoms with Crippen LogP contribution in [0.2, 0.25) is 0 Å². The van der Waals surface area contributed by atoms with E-state index >= 15 is 0 Å². The van der Waals surface area contributed by atoms with Crippen LogP contribution in [-0.2, 0) is 21.3 Å². The number of fused-ring (bicyclic) bond motifs is 2. The first-order valence-corrected chi connectivity index (χ1v) is 11.4. The number of piperidine rings is 1. The third kappa shape index (κ3) is 4.08. The van der Waals surface area contributed by atoms with Gasteiger partial charge in [-0.05, 0) is 31.0 Å². The minimum absolute atomic E-state index is 0.0500. The molecule has 3 heterocycles. The molecule has 0 bridgehead atoms.